The fourth-order valence-corrected chi connectivity index (χ4v) is 2.49. The van der Waals surface area contributed by atoms with Gasteiger partial charge in [0, 0.05) is 13.0 Å². The van der Waals surface area contributed by atoms with Gasteiger partial charge >= 0.3 is 0 Å². The van der Waals surface area contributed by atoms with Crippen LogP contribution in [0.5, 0.6) is 0 Å². The average molecular weight is 215 g/mol. The molecule has 0 aliphatic carbocycles. The lowest BCUT2D eigenvalue weighted by atomic mass is 10.0. The molecule has 0 unspecified atom stereocenters. The van der Waals surface area contributed by atoms with E-state index in [1.54, 1.807) is 0 Å². The van der Waals surface area contributed by atoms with Gasteiger partial charge in [-0.05, 0) is 26.8 Å². The first-order valence-electron chi connectivity index (χ1n) is 5.72. The van der Waals surface area contributed by atoms with Gasteiger partial charge in [0.25, 0.3) is 0 Å². The van der Waals surface area contributed by atoms with Crippen molar-refractivity contribution in [3.8, 4) is 0 Å². The number of hydrogen-bond acceptors (Lipinski definition) is 4. The summed E-state index contributed by atoms with van der Waals surface area (Å²) in [7, 11) is 0. The average Bonchev–Trinajstić information content (AvgIpc) is 2.50. The Balaban J connectivity index is 1.92. The molecule has 2 aliphatic rings. The summed E-state index contributed by atoms with van der Waals surface area (Å²) in [6, 6.07) is 0. The fraction of sp³-hybridized carbons (Fsp3) is 1.00. The van der Waals surface area contributed by atoms with E-state index in [-0.39, 0.29) is 5.79 Å². The van der Waals surface area contributed by atoms with E-state index < -0.39 is 5.60 Å². The lowest BCUT2D eigenvalue weighted by Crippen LogP contribution is -2.52. The normalized spacial score (nSPS) is 27.4. The first-order chi connectivity index (χ1) is 6.99. The molecule has 0 saturated carbocycles. The Bertz CT molecular complexity index is 218. The van der Waals surface area contributed by atoms with Gasteiger partial charge in [0.2, 0.25) is 0 Å². The minimum atomic E-state index is -0.642. The highest BCUT2D eigenvalue weighted by atomic mass is 16.7. The van der Waals surface area contributed by atoms with Gasteiger partial charge in [-0.25, -0.2) is 0 Å². The molecule has 2 heterocycles. The van der Waals surface area contributed by atoms with Crippen LogP contribution in [0.4, 0.5) is 0 Å². The molecule has 0 aromatic carbocycles. The SMILES string of the molecule is CC(C)(O)CN1CCCC2(C1)OCCO2. The maximum atomic E-state index is 9.78. The molecule has 4 heteroatoms. The molecule has 2 rings (SSSR count). The van der Waals surface area contributed by atoms with Crippen LogP contribution in [-0.4, -0.2) is 54.2 Å². The van der Waals surface area contributed by atoms with Crippen LogP contribution in [0.25, 0.3) is 0 Å². The van der Waals surface area contributed by atoms with Crippen molar-refractivity contribution < 1.29 is 14.6 Å². The highest BCUT2D eigenvalue weighted by Gasteiger charge is 2.41. The molecule has 0 bridgehead atoms. The Morgan fingerprint density at radius 2 is 2.00 bits per heavy atom. The Kier molecular flexibility index (Phi) is 3.03. The minimum absolute atomic E-state index is 0.372. The van der Waals surface area contributed by atoms with Crippen molar-refractivity contribution in [3.05, 3.63) is 0 Å². The molecule has 4 nitrogen and oxygen atoms in total. The molecular weight excluding hydrogens is 194 g/mol. The summed E-state index contributed by atoms with van der Waals surface area (Å²) in [4.78, 5) is 2.23. The molecule has 0 aromatic heterocycles. The van der Waals surface area contributed by atoms with Gasteiger partial charge in [-0.2, -0.15) is 0 Å². The second-order valence-electron chi connectivity index (χ2n) is 5.23. The van der Waals surface area contributed by atoms with Crippen molar-refractivity contribution in [2.75, 3.05) is 32.8 Å². The molecule has 2 fully saturated rings. The van der Waals surface area contributed by atoms with Crippen molar-refractivity contribution in [1.29, 1.82) is 0 Å². The van der Waals surface area contributed by atoms with Crippen molar-refractivity contribution in [3.63, 3.8) is 0 Å². The molecule has 0 amide bonds. The smallest absolute Gasteiger partial charge is 0.181 e. The molecule has 88 valence electrons. The Morgan fingerprint density at radius 3 is 2.60 bits per heavy atom. The van der Waals surface area contributed by atoms with Gasteiger partial charge in [-0.1, -0.05) is 0 Å². The molecular formula is C11H21NO3. The van der Waals surface area contributed by atoms with Crippen LogP contribution in [0.2, 0.25) is 0 Å². The van der Waals surface area contributed by atoms with Crippen LogP contribution >= 0.6 is 0 Å². The first kappa shape index (κ1) is 11.3. The Labute approximate surface area is 91.2 Å². The summed E-state index contributed by atoms with van der Waals surface area (Å²) < 4.78 is 11.4. The van der Waals surface area contributed by atoms with Gasteiger partial charge < -0.3 is 14.6 Å². The maximum Gasteiger partial charge on any atom is 0.181 e. The summed E-state index contributed by atoms with van der Waals surface area (Å²) in [6.07, 6.45) is 2.06. The first-order valence-corrected chi connectivity index (χ1v) is 5.72. The zero-order valence-corrected chi connectivity index (χ0v) is 9.66. The van der Waals surface area contributed by atoms with Crippen LogP contribution < -0.4 is 0 Å². The maximum absolute atomic E-state index is 9.78. The molecule has 2 aliphatic heterocycles. The third kappa shape index (κ3) is 2.91. The Morgan fingerprint density at radius 1 is 1.33 bits per heavy atom. The number of aliphatic hydroxyl groups is 1. The molecule has 0 atom stereocenters. The van der Waals surface area contributed by atoms with Crippen molar-refractivity contribution >= 4 is 0 Å². The number of piperidine rings is 1. The van der Waals surface area contributed by atoms with E-state index in [4.69, 9.17) is 9.47 Å². The minimum Gasteiger partial charge on any atom is -0.389 e. The largest absolute Gasteiger partial charge is 0.389 e. The Hall–Kier alpha value is -0.160. The van der Waals surface area contributed by atoms with Crippen molar-refractivity contribution in [2.24, 2.45) is 0 Å². The summed E-state index contributed by atoms with van der Waals surface area (Å²) in [5.41, 5.74) is -0.642. The van der Waals surface area contributed by atoms with Gasteiger partial charge in [-0.15, -0.1) is 0 Å². The topological polar surface area (TPSA) is 41.9 Å². The molecule has 1 N–H and O–H groups in total. The fourth-order valence-electron chi connectivity index (χ4n) is 2.49. The highest BCUT2D eigenvalue weighted by molar-refractivity contribution is 4.86. The zero-order valence-electron chi connectivity index (χ0n) is 9.66. The van der Waals surface area contributed by atoms with Crippen molar-refractivity contribution in [2.45, 2.75) is 38.1 Å². The van der Waals surface area contributed by atoms with E-state index in [2.05, 4.69) is 4.90 Å². The number of rotatable bonds is 2. The van der Waals surface area contributed by atoms with Crippen LogP contribution in [0.15, 0.2) is 0 Å². The summed E-state index contributed by atoms with van der Waals surface area (Å²) in [5, 5.41) is 9.78. The lowest BCUT2D eigenvalue weighted by Gasteiger charge is -2.40. The van der Waals surface area contributed by atoms with Crippen LogP contribution in [-0.2, 0) is 9.47 Å². The third-order valence-corrected chi connectivity index (χ3v) is 2.92. The number of nitrogens with zero attached hydrogens (tertiary/aromatic N) is 1. The quantitative estimate of drug-likeness (QED) is 0.732. The van der Waals surface area contributed by atoms with E-state index in [1.807, 2.05) is 13.8 Å². The van der Waals surface area contributed by atoms with E-state index in [0.717, 1.165) is 25.9 Å². The molecule has 15 heavy (non-hydrogen) atoms. The van der Waals surface area contributed by atoms with Gasteiger partial charge in [0.15, 0.2) is 5.79 Å². The monoisotopic (exact) mass is 215 g/mol. The molecule has 0 radical (unpaired) electrons. The number of ether oxygens (including phenoxy) is 2. The van der Waals surface area contributed by atoms with E-state index in [0.29, 0.717) is 19.8 Å². The van der Waals surface area contributed by atoms with Crippen molar-refractivity contribution in [1.82, 2.24) is 4.90 Å². The number of likely N-dealkylation sites (tertiary alicyclic amines) is 1. The predicted molar refractivity (Wildman–Crippen MR) is 56.6 cm³/mol. The lowest BCUT2D eigenvalue weighted by molar-refractivity contribution is -0.193. The zero-order chi connectivity index (χ0) is 10.9. The second-order valence-corrected chi connectivity index (χ2v) is 5.23. The number of β-amino-alcohol motifs (C(OH)–C–C–N with tert-alkyl or cyclic N) is 1. The standard InChI is InChI=1S/C11H21NO3/c1-10(2,13)8-12-5-3-4-11(9-12)14-6-7-15-11/h13H,3-9H2,1-2H3. The highest BCUT2D eigenvalue weighted by Crippen LogP contribution is 2.30. The van der Waals surface area contributed by atoms with Gasteiger partial charge in [0.1, 0.15) is 0 Å². The summed E-state index contributed by atoms with van der Waals surface area (Å²) >= 11 is 0. The van der Waals surface area contributed by atoms with Crippen LogP contribution in [0, 0.1) is 0 Å². The van der Waals surface area contributed by atoms with E-state index >= 15 is 0 Å². The molecule has 0 aromatic rings. The molecule has 1 spiro atoms. The summed E-state index contributed by atoms with van der Waals surface area (Å²) in [6.45, 7) is 7.58. The van der Waals surface area contributed by atoms with E-state index in [9.17, 15) is 5.11 Å². The van der Waals surface area contributed by atoms with E-state index in [1.165, 1.54) is 0 Å². The third-order valence-electron chi connectivity index (χ3n) is 2.92. The predicted octanol–water partition coefficient (Wildman–Crippen LogP) is 0.596. The molecule has 2 saturated heterocycles. The van der Waals surface area contributed by atoms with Crippen LogP contribution in [0.1, 0.15) is 26.7 Å². The second kappa shape index (κ2) is 4.01. The summed E-state index contributed by atoms with van der Waals surface area (Å²) in [5.74, 6) is -0.372. The van der Waals surface area contributed by atoms with Gasteiger partial charge in [-0.3, -0.25) is 4.90 Å². The van der Waals surface area contributed by atoms with Gasteiger partial charge in [0.05, 0.1) is 25.4 Å². The van der Waals surface area contributed by atoms with Crippen LogP contribution in [0.3, 0.4) is 0 Å². The number of hydrogen-bond donors (Lipinski definition) is 1.